The van der Waals surface area contributed by atoms with Crippen LogP contribution in [0.1, 0.15) is 27.1 Å². The van der Waals surface area contributed by atoms with Crippen LogP contribution in [0.4, 0.5) is 17.3 Å². The fraction of sp³-hybridized carbons (Fsp3) is 0.227. The van der Waals surface area contributed by atoms with Crippen molar-refractivity contribution < 1.29 is 14.7 Å². The number of amides is 1. The van der Waals surface area contributed by atoms with Crippen molar-refractivity contribution in [1.29, 1.82) is 0 Å². The highest BCUT2D eigenvalue weighted by Crippen LogP contribution is 2.24. The summed E-state index contributed by atoms with van der Waals surface area (Å²) in [6, 6.07) is 13.7. The van der Waals surface area contributed by atoms with Gasteiger partial charge in [-0.3, -0.25) is 4.79 Å². The summed E-state index contributed by atoms with van der Waals surface area (Å²) in [5, 5.41) is 20.8. The van der Waals surface area contributed by atoms with Gasteiger partial charge in [0, 0.05) is 31.7 Å². The molecule has 1 saturated heterocycles. The summed E-state index contributed by atoms with van der Waals surface area (Å²) >= 11 is 5.82. The number of anilines is 3. The average molecular weight is 453 g/mol. The molecular weight excluding hydrogens is 432 g/mol. The van der Waals surface area contributed by atoms with Crippen molar-refractivity contribution in [3.8, 4) is 0 Å². The monoisotopic (exact) mass is 452 g/mol. The van der Waals surface area contributed by atoms with Crippen LogP contribution < -0.4 is 15.1 Å². The minimum absolute atomic E-state index is 0.0376. The van der Waals surface area contributed by atoms with Gasteiger partial charge in [0.2, 0.25) is 0 Å². The number of nitrogens with zero attached hydrogens (tertiary/aromatic N) is 5. The largest absolute Gasteiger partial charge is 0.478 e. The Kier molecular flexibility index (Phi) is 6.46. The van der Waals surface area contributed by atoms with Crippen molar-refractivity contribution in [2.45, 2.75) is 6.42 Å². The number of pyridine rings is 1. The van der Waals surface area contributed by atoms with Crippen LogP contribution in [0.2, 0.25) is 5.15 Å². The van der Waals surface area contributed by atoms with E-state index in [1.54, 1.807) is 30.3 Å². The van der Waals surface area contributed by atoms with Crippen LogP contribution in [-0.4, -0.2) is 58.3 Å². The number of halogens is 1. The predicted octanol–water partition coefficient (Wildman–Crippen LogP) is 3.19. The van der Waals surface area contributed by atoms with E-state index in [1.165, 1.54) is 12.3 Å². The van der Waals surface area contributed by atoms with Crippen LogP contribution >= 0.6 is 11.6 Å². The molecule has 1 fully saturated rings. The first kappa shape index (κ1) is 21.5. The van der Waals surface area contributed by atoms with Crippen LogP contribution in [0.25, 0.3) is 0 Å². The minimum Gasteiger partial charge on any atom is -0.478 e. The summed E-state index contributed by atoms with van der Waals surface area (Å²) in [5.41, 5.74) is 0.842. The minimum atomic E-state index is -1.10. The molecule has 1 aromatic carbocycles. The smallest absolute Gasteiger partial charge is 0.339 e. The number of rotatable bonds is 5. The summed E-state index contributed by atoms with van der Waals surface area (Å²) in [6.45, 7) is 2.58. The molecule has 2 aromatic heterocycles. The SMILES string of the molecule is O=C(Nc1cnc(N2CCCN(c3ccc(Cl)nn3)CC2)c(C(=O)O)c1)c1ccccc1. The van der Waals surface area contributed by atoms with Crippen molar-refractivity contribution >= 4 is 40.8 Å². The van der Waals surface area contributed by atoms with Gasteiger partial charge in [-0.1, -0.05) is 29.8 Å². The summed E-state index contributed by atoms with van der Waals surface area (Å²) < 4.78 is 0. The number of nitrogens with one attached hydrogen (secondary N) is 1. The molecule has 4 rings (SSSR count). The predicted molar refractivity (Wildman–Crippen MR) is 122 cm³/mol. The molecule has 0 radical (unpaired) electrons. The molecule has 164 valence electrons. The molecular formula is C22H21ClN6O3. The van der Waals surface area contributed by atoms with E-state index in [0.717, 1.165) is 18.8 Å². The van der Waals surface area contributed by atoms with Crippen LogP contribution in [0, 0.1) is 0 Å². The number of hydrogen-bond donors (Lipinski definition) is 2. The number of hydrogen-bond acceptors (Lipinski definition) is 7. The zero-order valence-corrected chi connectivity index (χ0v) is 17.9. The van der Waals surface area contributed by atoms with Crippen molar-refractivity contribution in [3.63, 3.8) is 0 Å². The highest BCUT2D eigenvalue weighted by atomic mass is 35.5. The number of carboxylic acids is 1. The third-order valence-corrected chi connectivity index (χ3v) is 5.33. The lowest BCUT2D eigenvalue weighted by molar-refractivity contribution is 0.0696. The quantitative estimate of drug-likeness (QED) is 0.607. The van der Waals surface area contributed by atoms with Gasteiger partial charge in [-0.25, -0.2) is 9.78 Å². The molecule has 3 aromatic rings. The fourth-order valence-electron chi connectivity index (χ4n) is 3.56. The van der Waals surface area contributed by atoms with Crippen LogP contribution in [-0.2, 0) is 0 Å². The van der Waals surface area contributed by atoms with E-state index < -0.39 is 5.97 Å². The summed E-state index contributed by atoms with van der Waals surface area (Å²) in [4.78, 5) is 32.8. The van der Waals surface area contributed by atoms with Gasteiger partial charge in [0.25, 0.3) is 5.91 Å². The first-order valence-electron chi connectivity index (χ1n) is 10.1. The normalized spacial score (nSPS) is 14.0. The van der Waals surface area contributed by atoms with Crippen LogP contribution in [0.15, 0.2) is 54.7 Å². The molecule has 3 heterocycles. The van der Waals surface area contributed by atoms with E-state index >= 15 is 0 Å². The molecule has 0 spiro atoms. The van der Waals surface area contributed by atoms with Gasteiger partial charge in [-0.2, -0.15) is 0 Å². The molecule has 1 aliphatic heterocycles. The average Bonchev–Trinajstić information content (AvgIpc) is 3.06. The Balaban J connectivity index is 1.51. The third kappa shape index (κ3) is 4.94. The molecule has 9 nitrogen and oxygen atoms in total. The lowest BCUT2D eigenvalue weighted by atomic mass is 10.2. The molecule has 1 amide bonds. The van der Waals surface area contributed by atoms with Gasteiger partial charge in [0.15, 0.2) is 11.0 Å². The topological polar surface area (TPSA) is 112 Å². The van der Waals surface area contributed by atoms with E-state index in [9.17, 15) is 14.7 Å². The number of carbonyl (C=O) groups excluding carboxylic acids is 1. The Morgan fingerprint density at radius 3 is 2.44 bits per heavy atom. The number of aromatic nitrogens is 3. The lowest BCUT2D eigenvalue weighted by Gasteiger charge is -2.24. The van der Waals surface area contributed by atoms with Gasteiger partial charge in [0.1, 0.15) is 11.4 Å². The Morgan fingerprint density at radius 1 is 0.969 bits per heavy atom. The molecule has 2 N–H and O–H groups in total. The van der Waals surface area contributed by atoms with Crippen molar-refractivity contribution in [2.75, 3.05) is 41.3 Å². The van der Waals surface area contributed by atoms with E-state index in [4.69, 9.17) is 11.6 Å². The van der Waals surface area contributed by atoms with E-state index in [2.05, 4.69) is 25.4 Å². The number of carboxylic acid groups (broad SMARTS) is 1. The van der Waals surface area contributed by atoms with Crippen molar-refractivity contribution in [2.24, 2.45) is 0 Å². The number of carbonyl (C=O) groups is 2. The first-order chi connectivity index (χ1) is 15.5. The van der Waals surface area contributed by atoms with Crippen molar-refractivity contribution in [3.05, 3.63) is 71.0 Å². The zero-order chi connectivity index (χ0) is 22.5. The van der Waals surface area contributed by atoms with Crippen molar-refractivity contribution in [1.82, 2.24) is 15.2 Å². The molecule has 0 unspecified atom stereocenters. The van der Waals surface area contributed by atoms with Gasteiger partial charge in [-0.05, 0) is 36.8 Å². The van der Waals surface area contributed by atoms with Gasteiger partial charge < -0.3 is 20.2 Å². The Hall–Kier alpha value is -3.72. The molecule has 10 heteroatoms. The Labute approximate surface area is 189 Å². The molecule has 0 bridgehead atoms. The highest BCUT2D eigenvalue weighted by Gasteiger charge is 2.23. The number of benzene rings is 1. The second-order valence-corrected chi connectivity index (χ2v) is 7.65. The van der Waals surface area contributed by atoms with Crippen LogP contribution in [0.3, 0.4) is 0 Å². The Bertz CT molecular complexity index is 1110. The second-order valence-electron chi connectivity index (χ2n) is 7.26. The number of aromatic carboxylic acids is 1. The van der Waals surface area contributed by atoms with E-state index in [1.807, 2.05) is 17.0 Å². The highest BCUT2D eigenvalue weighted by molar-refractivity contribution is 6.29. The zero-order valence-electron chi connectivity index (χ0n) is 17.1. The van der Waals surface area contributed by atoms with E-state index in [-0.39, 0.29) is 11.5 Å². The molecule has 1 aliphatic rings. The third-order valence-electron chi connectivity index (χ3n) is 5.13. The maximum absolute atomic E-state index is 12.4. The maximum atomic E-state index is 12.4. The molecule has 32 heavy (non-hydrogen) atoms. The molecule has 0 saturated carbocycles. The Morgan fingerprint density at radius 2 is 1.72 bits per heavy atom. The second kappa shape index (κ2) is 9.61. The summed E-state index contributed by atoms with van der Waals surface area (Å²) in [6.07, 6.45) is 2.27. The standard InChI is InChI=1S/C22H21ClN6O3/c23-18-7-8-19(27-26-18)28-9-4-10-29(12-11-28)20-17(22(31)32)13-16(14-24-20)25-21(30)15-5-2-1-3-6-15/h1-3,5-8,13-14H,4,9-12H2,(H,25,30)(H,31,32). The van der Waals surface area contributed by atoms with Crippen LogP contribution in [0.5, 0.6) is 0 Å². The fourth-order valence-corrected chi connectivity index (χ4v) is 3.66. The first-order valence-corrected chi connectivity index (χ1v) is 10.5. The van der Waals surface area contributed by atoms with Gasteiger partial charge in [-0.15, -0.1) is 10.2 Å². The molecule has 0 atom stereocenters. The summed E-state index contributed by atoms with van der Waals surface area (Å²) in [5.74, 6) is -0.333. The maximum Gasteiger partial charge on any atom is 0.339 e. The lowest BCUT2D eigenvalue weighted by Crippen LogP contribution is -2.32. The van der Waals surface area contributed by atoms with Gasteiger partial charge >= 0.3 is 5.97 Å². The van der Waals surface area contributed by atoms with E-state index in [0.29, 0.717) is 41.9 Å². The van der Waals surface area contributed by atoms with Gasteiger partial charge in [0.05, 0.1) is 11.9 Å². The summed E-state index contributed by atoms with van der Waals surface area (Å²) in [7, 11) is 0. The molecule has 0 aliphatic carbocycles.